The predicted octanol–water partition coefficient (Wildman–Crippen LogP) is 3.98. The molecule has 0 atom stereocenters. The first kappa shape index (κ1) is 14.6. The van der Waals surface area contributed by atoms with Crippen LogP contribution in [-0.2, 0) is 10.6 Å². The van der Waals surface area contributed by atoms with Crippen molar-refractivity contribution >= 4 is 28.3 Å². The number of anilines is 1. The van der Waals surface area contributed by atoms with Gasteiger partial charge in [-0.05, 0) is 37.5 Å². The standard InChI is InChI=1S/C17H21ClN2O/c1-2-21-14-7-9-20(10-8-14)17-11-13(12-18)15-5-3-4-6-16(15)19-17/h3-6,11,14H,2,7-10,12H2,1H3. The number of hydrogen-bond donors (Lipinski definition) is 0. The van der Waals surface area contributed by atoms with Crippen molar-refractivity contribution in [1.82, 2.24) is 4.98 Å². The summed E-state index contributed by atoms with van der Waals surface area (Å²) in [6.07, 6.45) is 2.54. The zero-order valence-electron chi connectivity index (χ0n) is 12.4. The van der Waals surface area contributed by atoms with Crippen molar-refractivity contribution in [2.75, 3.05) is 24.6 Å². The van der Waals surface area contributed by atoms with E-state index < -0.39 is 0 Å². The topological polar surface area (TPSA) is 25.4 Å². The van der Waals surface area contributed by atoms with Gasteiger partial charge < -0.3 is 9.64 Å². The molecule has 2 aromatic rings. The van der Waals surface area contributed by atoms with Gasteiger partial charge in [0.2, 0.25) is 0 Å². The summed E-state index contributed by atoms with van der Waals surface area (Å²) in [6.45, 7) is 4.86. The fourth-order valence-electron chi connectivity index (χ4n) is 2.99. The van der Waals surface area contributed by atoms with Crippen molar-refractivity contribution in [2.24, 2.45) is 0 Å². The molecular weight excluding hydrogens is 284 g/mol. The minimum Gasteiger partial charge on any atom is -0.378 e. The van der Waals surface area contributed by atoms with Gasteiger partial charge in [0.05, 0.1) is 11.6 Å². The van der Waals surface area contributed by atoms with Crippen LogP contribution < -0.4 is 4.90 Å². The molecule has 3 nitrogen and oxygen atoms in total. The Morgan fingerprint density at radius 2 is 2.05 bits per heavy atom. The maximum Gasteiger partial charge on any atom is 0.129 e. The van der Waals surface area contributed by atoms with E-state index in [1.54, 1.807) is 0 Å². The van der Waals surface area contributed by atoms with Crippen molar-refractivity contribution in [3.63, 3.8) is 0 Å². The van der Waals surface area contributed by atoms with Gasteiger partial charge in [0, 0.05) is 31.0 Å². The summed E-state index contributed by atoms with van der Waals surface area (Å²) >= 11 is 6.11. The summed E-state index contributed by atoms with van der Waals surface area (Å²) in [4.78, 5) is 7.15. The van der Waals surface area contributed by atoms with E-state index in [1.165, 1.54) is 0 Å². The monoisotopic (exact) mass is 304 g/mol. The fourth-order valence-corrected chi connectivity index (χ4v) is 3.21. The third kappa shape index (κ3) is 3.14. The van der Waals surface area contributed by atoms with E-state index in [0.29, 0.717) is 12.0 Å². The molecule has 0 N–H and O–H groups in total. The van der Waals surface area contributed by atoms with Crippen molar-refractivity contribution in [3.8, 4) is 0 Å². The van der Waals surface area contributed by atoms with Gasteiger partial charge in [-0.1, -0.05) is 18.2 Å². The van der Waals surface area contributed by atoms with E-state index in [0.717, 1.165) is 54.8 Å². The number of nitrogens with zero attached hydrogens (tertiary/aromatic N) is 2. The fraction of sp³-hybridized carbons (Fsp3) is 0.471. The molecule has 1 saturated heterocycles. The van der Waals surface area contributed by atoms with Gasteiger partial charge in [-0.25, -0.2) is 4.98 Å². The van der Waals surface area contributed by atoms with Crippen molar-refractivity contribution in [2.45, 2.75) is 31.7 Å². The molecule has 0 amide bonds. The van der Waals surface area contributed by atoms with E-state index >= 15 is 0 Å². The van der Waals surface area contributed by atoms with E-state index in [4.69, 9.17) is 21.3 Å². The molecule has 0 saturated carbocycles. The lowest BCUT2D eigenvalue weighted by Crippen LogP contribution is -2.37. The van der Waals surface area contributed by atoms with Crippen LogP contribution in [0.15, 0.2) is 30.3 Å². The van der Waals surface area contributed by atoms with Crippen LogP contribution in [0.5, 0.6) is 0 Å². The highest BCUT2D eigenvalue weighted by Crippen LogP contribution is 2.26. The average Bonchev–Trinajstić information content (AvgIpc) is 2.55. The largest absolute Gasteiger partial charge is 0.378 e. The zero-order valence-corrected chi connectivity index (χ0v) is 13.1. The minimum atomic E-state index is 0.402. The number of fused-ring (bicyclic) bond motifs is 1. The zero-order chi connectivity index (χ0) is 14.7. The molecule has 21 heavy (non-hydrogen) atoms. The number of para-hydroxylation sites is 1. The summed E-state index contributed by atoms with van der Waals surface area (Å²) in [7, 11) is 0. The van der Waals surface area contributed by atoms with Gasteiger partial charge in [-0.3, -0.25) is 0 Å². The van der Waals surface area contributed by atoms with Crippen molar-refractivity contribution < 1.29 is 4.74 Å². The third-order valence-corrected chi connectivity index (χ3v) is 4.39. The Morgan fingerprint density at radius 1 is 1.29 bits per heavy atom. The van der Waals surface area contributed by atoms with Crippen LogP contribution in [0.2, 0.25) is 0 Å². The second-order valence-corrected chi connectivity index (χ2v) is 5.70. The molecule has 112 valence electrons. The molecule has 1 fully saturated rings. The lowest BCUT2D eigenvalue weighted by molar-refractivity contribution is 0.0458. The van der Waals surface area contributed by atoms with Crippen LogP contribution in [0, 0.1) is 0 Å². The second kappa shape index (κ2) is 6.63. The Labute approximate surface area is 130 Å². The first-order valence-corrected chi connectivity index (χ1v) is 8.16. The molecule has 0 unspecified atom stereocenters. The summed E-state index contributed by atoms with van der Waals surface area (Å²) < 4.78 is 5.71. The van der Waals surface area contributed by atoms with Gasteiger partial charge in [0.25, 0.3) is 0 Å². The molecule has 0 aliphatic carbocycles. The van der Waals surface area contributed by atoms with Crippen molar-refractivity contribution in [1.29, 1.82) is 0 Å². The van der Waals surface area contributed by atoms with Crippen LogP contribution in [-0.4, -0.2) is 30.8 Å². The molecule has 4 heteroatoms. The first-order chi connectivity index (χ1) is 10.3. The van der Waals surface area contributed by atoms with Crippen LogP contribution in [0.3, 0.4) is 0 Å². The highest BCUT2D eigenvalue weighted by atomic mass is 35.5. The molecule has 3 rings (SSSR count). The SMILES string of the molecule is CCOC1CCN(c2cc(CCl)c3ccccc3n2)CC1. The number of alkyl halides is 1. The number of halogens is 1. The highest BCUT2D eigenvalue weighted by Gasteiger charge is 2.21. The number of pyridine rings is 1. The van der Waals surface area contributed by atoms with E-state index in [9.17, 15) is 0 Å². The van der Waals surface area contributed by atoms with Crippen LogP contribution in [0.4, 0.5) is 5.82 Å². The Bertz CT molecular complexity index is 609. The maximum atomic E-state index is 6.11. The number of hydrogen-bond acceptors (Lipinski definition) is 3. The summed E-state index contributed by atoms with van der Waals surface area (Å²) in [5.41, 5.74) is 2.18. The summed E-state index contributed by atoms with van der Waals surface area (Å²) in [5.74, 6) is 1.56. The summed E-state index contributed by atoms with van der Waals surface area (Å²) in [5, 5.41) is 1.15. The highest BCUT2D eigenvalue weighted by molar-refractivity contribution is 6.18. The van der Waals surface area contributed by atoms with Gasteiger partial charge >= 0.3 is 0 Å². The Balaban J connectivity index is 1.84. The van der Waals surface area contributed by atoms with E-state index in [-0.39, 0.29) is 0 Å². The lowest BCUT2D eigenvalue weighted by atomic mass is 10.1. The van der Waals surface area contributed by atoms with E-state index in [1.807, 2.05) is 12.1 Å². The molecule has 2 heterocycles. The average molecular weight is 305 g/mol. The minimum absolute atomic E-state index is 0.402. The van der Waals surface area contributed by atoms with Gasteiger partial charge in [-0.2, -0.15) is 0 Å². The molecule has 0 radical (unpaired) electrons. The lowest BCUT2D eigenvalue weighted by Gasteiger charge is -2.33. The number of aromatic nitrogens is 1. The Hall–Kier alpha value is -1.32. The quantitative estimate of drug-likeness (QED) is 0.799. The van der Waals surface area contributed by atoms with Crippen LogP contribution >= 0.6 is 11.6 Å². The van der Waals surface area contributed by atoms with Gasteiger partial charge in [0.15, 0.2) is 0 Å². The molecule has 0 bridgehead atoms. The van der Waals surface area contributed by atoms with Gasteiger partial charge in [0.1, 0.15) is 5.82 Å². The number of benzene rings is 1. The Kier molecular flexibility index (Phi) is 4.61. The van der Waals surface area contributed by atoms with Crippen LogP contribution in [0.25, 0.3) is 10.9 Å². The first-order valence-electron chi connectivity index (χ1n) is 7.63. The molecule has 1 aliphatic heterocycles. The van der Waals surface area contributed by atoms with Gasteiger partial charge in [-0.15, -0.1) is 11.6 Å². The molecule has 1 aromatic carbocycles. The summed E-state index contributed by atoms with van der Waals surface area (Å²) in [6, 6.07) is 10.3. The molecule has 1 aromatic heterocycles. The third-order valence-electron chi connectivity index (χ3n) is 4.10. The molecule has 1 aliphatic rings. The van der Waals surface area contributed by atoms with Crippen molar-refractivity contribution in [3.05, 3.63) is 35.9 Å². The second-order valence-electron chi connectivity index (χ2n) is 5.43. The number of piperidine rings is 1. The number of ether oxygens (including phenoxy) is 1. The normalized spacial score (nSPS) is 16.6. The van der Waals surface area contributed by atoms with E-state index in [2.05, 4.69) is 30.0 Å². The molecular formula is C17H21ClN2O. The molecule has 0 spiro atoms. The maximum absolute atomic E-state index is 6.11. The number of rotatable bonds is 4. The predicted molar refractivity (Wildman–Crippen MR) is 88.2 cm³/mol. The smallest absolute Gasteiger partial charge is 0.129 e. The van der Waals surface area contributed by atoms with Crippen LogP contribution in [0.1, 0.15) is 25.3 Å². The Morgan fingerprint density at radius 3 is 2.76 bits per heavy atom.